The lowest BCUT2D eigenvalue weighted by atomic mass is 9.88. The number of nitrogens with zero attached hydrogens (tertiary/aromatic N) is 1. The molecule has 13 heavy (non-hydrogen) atoms. The third-order valence-electron chi connectivity index (χ3n) is 2.98. The molecule has 0 aromatic carbocycles. The van der Waals surface area contributed by atoms with Crippen LogP contribution in [0.15, 0.2) is 11.6 Å². The van der Waals surface area contributed by atoms with Crippen LogP contribution in [-0.2, 0) is 0 Å². The second-order valence-electron chi connectivity index (χ2n) is 3.91. The zero-order valence-corrected chi connectivity index (χ0v) is 8.67. The van der Waals surface area contributed by atoms with E-state index in [0.29, 0.717) is 5.92 Å². The first-order chi connectivity index (χ1) is 6.38. The lowest BCUT2D eigenvalue weighted by Gasteiger charge is -2.32. The van der Waals surface area contributed by atoms with Crippen LogP contribution in [-0.4, -0.2) is 22.1 Å². The molecule has 0 bridgehead atoms. The fourth-order valence-electron chi connectivity index (χ4n) is 2.16. The molecular weight excluding hydrogens is 182 g/mol. The minimum absolute atomic E-state index is 0.230. The van der Waals surface area contributed by atoms with E-state index in [9.17, 15) is 5.11 Å². The van der Waals surface area contributed by atoms with E-state index in [-0.39, 0.29) is 6.23 Å². The maximum Gasteiger partial charge on any atom is 0.129 e. The Balaban J connectivity index is 1.87. The first-order valence-electron chi connectivity index (χ1n) is 5.10. The lowest BCUT2D eigenvalue weighted by Crippen LogP contribution is -2.36. The van der Waals surface area contributed by atoms with Crippen LogP contribution in [0.25, 0.3) is 0 Å². The van der Waals surface area contributed by atoms with Gasteiger partial charge in [-0.1, -0.05) is 19.3 Å². The molecule has 1 saturated carbocycles. The first kappa shape index (κ1) is 9.41. The molecule has 2 aliphatic rings. The largest absolute Gasteiger partial charge is 0.373 e. The summed E-state index contributed by atoms with van der Waals surface area (Å²) in [5, 5.41) is 12.1. The van der Waals surface area contributed by atoms with Gasteiger partial charge >= 0.3 is 0 Å². The van der Waals surface area contributed by atoms with E-state index in [1.165, 1.54) is 32.1 Å². The number of hydrogen-bond acceptors (Lipinski definition) is 3. The Morgan fingerprint density at radius 3 is 2.69 bits per heavy atom. The van der Waals surface area contributed by atoms with Crippen LogP contribution in [0.3, 0.4) is 0 Å². The molecule has 1 aliphatic heterocycles. The average Bonchev–Trinajstić information content (AvgIpc) is 2.71. The van der Waals surface area contributed by atoms with Crippen molar-refractivity contribution in [2.24, 2.45) is 5.92 Å². The van der Waals surface area contributed by atoms with E-state index in [1.54, 1.807) is 11.8 Å². The molecule has 0 aromatic rings. The average molecular weight is 199 g/mol. The van der Waals surface area contributed by atoms with Crippen molar-refractivity contribution in [3.8, 4) is 0 Å². The van der Waals surface area contributed by atoms with Crippen LogP contribution in [0.4, 0.5) is 0 Å². The maximum atomic E-state index is 10.0. The fraction of sp³-hybridized carbons (Fsp3) is 0.800. The zero-order valence-electron chi connectivity index (χ0n) is 7.85. The minimum atomic E-state index is -0.230. The number of rotatable bonds is 2. The van der Waals surface area contributed by atoms with Gasteiger partial charge in [-0.2, -0.15) is 0 Å². The third-order valence-corrected chi connectivity index (χ3v) is 3.74. The summed E-state index contributed by atoms with van der Waals surface area (Å²) in [6.45, 7) is 0. The molecule has 0 radical (unpaired) electrons. The summed E-state index contributed by atoms with van der Waals surface area (Å²) in [5.41, 5.74) is 0. The van der Waals surface area contributed by atoms with Crippen LogP contribution < -0.4 is 0 Å². The summed E-state index contributed by atoms with van der Waals surface area (Å²) in [5.74, 6) is 1.44. The molecule has 0 amide bonds. The molecule has 0 saturated heterocycles. The van der Waals surface area contributed by atoms with Gasteiger partial charge in [0, 0.05) is 12.1 Å². The monoisotopic (exact) mass is 199 g/mol. The minimum Gasteiger partial charge on any atom is -0.373 e. The van der Waals surface area contributed by atoms with E-state index in [0.717, 1.165) is 5.88 Å². The second-order valence-corrected chi connectivity index (χ2v) is 4.77. The fourth-order valence-corrected chi connectivity index (χ4v) is 2.90. The molecule has 1 atom stereocenters. The van der Waals surface area contributed by atoms with Crippen LogP contribution in [0, 0.1) is 5.92 Å². The molecule has 74 valence electrons. The summed E-state index contributed by atoms with van der Waals surface area (Å²) in [6, 6.07) is 0. The zero-order chi connectivity index (χ0) is 9.10. The van der Waals surface area contributed by atoms with E-state index < -0.39 is 0 Å². The molecule has 2 nitrogen and oxygen atoms in total. The molecule has 1 aliphatic carbocycles. The topological polar surface area (TPSA) is 23.5 Å². The van der Waals surface area contributed by atoms with E-state index in [1.807, 2.05) is 6.20 Å². The van der Waals surface area contributed by atoms with Crippen molar-refractivity contribution in [3.05, 3.63) is 11.6 Å². The highest BCUT2D eigenvalue weighted by Crippen LogP contribution is 2.30. The van der Waals surface area contributed by atoms with Crippen LogP contribution in [0.1, 0.15) is 32.1 Å². The summed E-state index contributed by atoms with van der Waals surface area (Å²) in [6.07, 6.45) is 8.15. The molecule has 1 unspecified atom stereocenters. The molecule has 3 heteroatoms. The van der Waals surface area contributed by atoms with Crippen LogP contribution in [0.5, 0.6) is 0 Å². The van der Waals surface area contributed by atoms with Gasteiger partial charge < -0.3 is 10.0 Å². The van der Waals surface area contributed by atoms with Crippen molar-refractivity contribution in [2.75, 3.05) is 5.88 Å². The Hall–Kier alpha value is -0.150. The highest BCUT2D eigenvalue weighted by molar-refractivity contribution is 8.02. The van der Waals surface area contributed by atoms with Crippen molar-refractivity contribution in [3.63, 3.8) is 0 Å². The molecule has 0 aromatic heterocycles. The van der Waals surface area contributed by atoms with Crippen LogP contribution >= 0.6 is 11.8 Å². The molecular formula is C10H17NOS. The van der Waals surface area contributed by atoms with E-state index in [2.05, 4.69) is 10.3 Å². The summed E-state index contributed by atoms with van der Waals surface area (Å²) < 4.78 is 0. The molecule has 0 spiro atoms. The van der Waals surface area contributed by atoms with Gasteiger partial charge in [-0.3, -0.25) is 0 Å². The Labute approximate surface area is 84.0 Å². The molecule has 2 rings (SSSR count). The Morgan fingerprint density at radius 2 is 2.08 bits per heavy atom. The normalized spacial score (nSPS) is 26.7. The SMILES string of the molecule is OC(C1CCCCC1)N1C=CSC1. The quantitative estimate of drug-likeness (QED) is 0.738. The number of aliphatic hydroxyl groups excluding tert-OH is 1. The number of hydrogen-bond donors (Lipinski definition) is 1. The van der Waals surface area contributed by atoms with Crippen molar-refractivity contribution >= 4 is 11.8 Å². The number of aliphatic hydroxyl groups is 1. The van der Waals surface area contributed by atoms with Crippen LogP contribution in [0.2, 0.25) is 0 Å². The smallest absolute Gasteiger partial charge is 0.129 e. The second kappa shape index (κ2) is 4.38. The molecule has 1 heterocycles. The van der Waals surface area contributed by atoms with Gasteiger partial charge in [0.2, 0.25) is 0 Å². The van der Waals surface area contributed by atoms with Crippen molar-refractivity contribution in [1.29, 1.82) is 0 Å². The van der Waals surface area contributed by atoms with Crippen molar-refractivity contribution in [2.45, 2.75) is 38.3 Å². The van der Waals surface area contributed by atoms with Gasteiger partial charge in [-0.25, -0.2) is 0 Å². The van der Waals surface area contributed by atoms with E-state index in [4.69, 9.17) is 0 Å². The predicted octanol–water partition coefficient (Wildman–Crippen LogP) is 2.36. The van der Waals surface area contributed by atoms with Gasteiger partial charge in [0.25, 0.3) is 0 Å². The third kappa shape index (κ3) is 2.20. The van der Waals surface area contributed by atoms with Gasteiger partial charge in [0.15, 0.2) is 0 Å². The Kier molecular flexibility index (Phi) is 3.17. The van der Waals surface area contributed by atoms with Crippen molar-refractivity contribution in [1.82, 2.24) is 4.90 Å². The molecule has 1 fully saturated rings. The highest BCUT2D eigenvalue weighted by atomic mass is 32.2. The molecule has 1 N–H and O–H groups in total. The Bertz CT molecular complexity index is 189. The Morgan fingerprint density at radius 1 is 1.31 bits per heavy atom. The first-order valence-corrected chi connectivity index (χ1v) is 6.15. The van der Waals surface area contributed by atoms with Gasteiger partial charge in [-0.05, 0) is 18.2 Å². The summed E-state index contributed by atoms with van der Waals surface area (Å²) >= 11 is 1.76. The van der Waals surface area contributed by atoms with Gasteiger partial charge in [0.05, 0.1) is 5.88 Å². The predicted molar refractivity (Wildman–Crippen MR) is 56.0 cm³/mol. The summed E-state index contributed by atoms with van der Waals surface area (Å²) in [4.78, 5) is 2.06. The summed E-state index contributed by atoms with van der Waals surface area (Å²) in [7, 11) is 0. The van der Waals surface area contributed by atoms with Crippen molar-refractivity contribution < 1.29 is 5.11 Å². The maximum absolute atomic E-state index is 10.0. The van der Waals surface area contributed by atoms with Gasteiger partial charge in [-0.15, -0.1) is 11.8 Å². The van der Waals surface area contributed by atoms with E-state index >= 15 is 0 Å². The standard InChI is InChI=1S/C10H17NOS/c12-10(11-6-7-13-8-11)9-4-2-1-3-5-9/h6-7,9-10,12H,1-5,8H2. The van der Waals surface area contributed by atoms with Gasteiger partial charge in [0.1, 0.15) is 6.23 Å². The lowest BCUT2D eigenvalue weighted by molar-refractivity contribution is -0.0132. The highest BCUT2D eigenvalue weighted by Gasteiger charge is 2.26. The number of thioether (sulfide) groups is 1.